The number of aryl methyl sites for hydroxylation is 1. The van der Waals surface area contributed by atoms with Crippen molar-refractivity contribution in [1.29, 1.82) is 0 Å². The standard InChI is InChI=1S/C21H28N2O2/c1-3-19(24)23-18-9-17(5-4-13(18)2)22-20(25)21-10-14-6-15(11-21)8-16(7-14)12-21/h4-5,9,14-16H,3,6-8,10-12H2,1-2H3,(H,22,25)(H,23,24). The van der Waals surface area contributed by atoms with Crippen molar-refractivity contribution in [2.45, 2.75) is 58.8 Å². The average molecular weight is 340 g/mol. The number of carbonyl (C=O) groups excluding carboxylic acids is 2. The molecule has 5 rings (SSSR count). The molecule has 134 valence electrons. The van der Waals surface area contributed by atoms with E-state index in [0.29, 0.717) is 6.42 Å². The Morgan fingerprint density at radius 2 is 1.64 bits per heavy atom. The molecule has 25 heavy (non-hydrogen) atoms. The topological polar surface area (TPSA) is 58.2 Å². The van der Waals surface area contributed by atoms with Crippen molar-refractivity contribution >= 4 is 23.2 Å². The van der Waals surface area contributed by atoms with Crippen LogP contribution in [0, 0.1) is 30.1 Å². The molecule has 1 aromatic rings. The lowest BCUT2D eigenvalue weighted by molar-refractivity contribution is -0.140. The summed E-state index contributed by atoms with van der Waals surface area (Å²) in [4.78, 5) is 24.8. The van der Waals surface area contributed by atoms with E-state index in [9.17, 15) is 9.59 Å². The molecule has 2 amide bonds. The van der Waals surface area contributed by atoms with Crippen molar-refractivity contribution in [3.8, 4) is 0 Å². The molecule has 0 spiro atoms. The number of rotatable bonds is 4. The quantitative estimate of drug-likeness (QED) is 0.848. The van der Waals surface area contributed by atoms with E-state index in [1.54, 1.807) is 0 Å². The van der Waals surface area contributed by atoms with Crippen LogP contribution in [-0.4, -0.2) is 11.8 Å². The summed E-state index contributed by atoms with van der Waals surface area (Å²) in [6.45, 7) is 3.80. The molecule has 1 aromatic carbocycles. The highest BCUT2D eigenvalue weighted by molar-refractivity contribution is 5.97. The number of anilines is 2. The lowest BCUT2D eigenvalue weighted by Gasteiger charge is -2.55. The first-order chi connectivity index (χ1) is 12.0. The SMILES string of the molecule is CCC(=O)Nc1cc(NC(=O)C23CC4CC(CC(C4)C2)C3)ccc1C. The van der Waals surface area contributed by atoms with Crippen LogP contribution in [0.15, 0.2) is 18.2 Å². The van der Waals surface area contributed by atoms with E-state index >= 15 is 0 Å². The van der Waals surface area contributed by atoms with Crippen molar-refractivity contribution < 1.29 is 9.59 Å². The number of hydrogen-bond donors (Lipinski definition) is 2. The summed E-state index contributed by atoms with van der Waals surface area (Å²) in [7, 11) is 0. The van der Waals surface area contributed by atoms with Gasteiger partial charge < -0.3 is 10.6 Å². The van der Waals surface area contributed by atoms with Gasteiger partial charge in [-0.25, -0.2) is 0 Å². The second-order valence-electron chi connectivity index (χ2n) is 8.58. The lowest BCUT2D eigenvalue weighted by atomic mass is 9.49. The Kier molecular flexibility index (Phi) is 4.09. The third kappa shape index (κ3) is 3.07. The van der Waals surface area contributed by atoms with E-state index < -0.39 is 0 Å². The fourth-order valence-electron chi connectivity index (χ4n) is 5.73. The molecule has 0 aromatic heterocycles. The van der Waals surface area contributed by atoms with E-state index in [0.717, 1.165) is 54.0 Å². The Morgan fingerprint density at radius 1 is 1.04 bits per heavy atom. The van der Waals surface area contributed by atoms with Crippen LogP contribution in [0.25, 0.3) is 0 Å². The zero-order valence-electron chi connectivity index (χ0n) is 15.2. The molecule has 0 heterocycles. The first-order valence-corrected chi connectivity index (χ1v) is 9.69. The van der Waals surface area contributed by atoms with Crippen LogP contribution < -0.4 is 10.6 Å². The Balaban J connectivity index is 1.51. The molecule has 0 unspecified atom stereocenters. The van der Waals surface area contributed by atoms with E-state index in [1.807, 2.05) is 32.0 Å². The fourth-order valence-corrected chi connectivity index (χ4v) is 5.73. The lowest BCUT2D eigenvalue weighted by Crippen LogP contribution is -2.51. The zero-order valence-corrected chi connectivity index (χ0v) is 15.2. The summed E-state index contributed by atoms with van der Waals surface area (Å²) in [5, 5.41) is 6.09. The van der Waals surface area contributed by atoms with E-state index in [-0.39, 0.29) is 17.2 Å². The maximum absolute atomic E-state index is 13.1. The minimum atomic E-state index is -0.146. The second-order valence-corrected chi connectivity index (χ2v) is 8.58. The molecule has 4 saturated carbocycles. The molecule has 4 aliphatic rings. The highest BCUT2D eigenvalue weighted by Gasteiger charge is 2.54. The second kappa shape index (κ2) is 6.15. The van der Waals surface area contributed by atoms with E-state index in [2.05, 4.69) is 10.6 Å². The molecule has 4 fully saturated rings. The predicted molar refractivity (Wildman–Crippen MR) is 99.3 cm³/mol. The molecule has 0 atom stereocenters. The van der Waals surface area contributed by atoms with Gasteiger partial charge >= 0.3 is 0 Å². The van der Waals surface area contributed by atoms with Crippen molar-refractivity contribution in [3.63, 3.8) is 0 Å². The fraction of sp³-hybridized carbons (Fsp3) is 0.619. The molecule has 0 radical (unpaired) electrons. The van der Waals surface area contributed by atoms with Crippen LogP contribution in [0.5, 0.6) is 0 Å². The number of benzene rings is 1. The van der Waals surface area contributed by atoms with Gasteiger partial charge in [-0.2, -0.15) is 0 Å². The number of nitrogens with one attached hydrogen (secondary N) is 2. The molecule has 4 bridgehead atoms. The molecule has 2 N–H and O–H groups in total. The smallest absolute Gasteiger partial charge is 0.230 e. The molecule has 0 saturated heterocycles. The van der Waals surface area contributed by atoms with E-state index in [4.69, 9.17) is 0 Å². The van der Waals surface area contributed by atoms with Gasteiger partial charge in [0.15, 0.2) is 0 Å². The van der Waals surface area contributed by atoms with Crippen LogP contribution in [0.4, 0.5) is 11.4 Å². The molecule has 0 aliphatic heterocycles. The zero-order chi connectivity index (χ0) is 17.6. The molecule has 4 aliphatic carbocycles. The normalized spacial score (nSPS) is 32.5. The van der Waals surface area contributed by atoms with Crippen LogP contribution in [-0.2, 0) is 9.59 Å². The van der Waals surface area contributed by atoms with Gasteiger partial charge in [0.05, 0.1) is 5.41 Å². The molecular weight excluding hydrogens is 312 g/mol. The highest BCUT2D eigenvalue weighted by atomic mass is 16.2. The molecule has 4 nitrogen and oxygen atoms in total. The van der Waals surface area contributed by atoms with Gasteiger partial charge in [-0.3, -0.25) is 9.59 Å². The summed E-state index contributed by atoms with van der Waals surface area (Å²) in [6.07, 6.45) is 7.66. The largest absolute Gasteiger partial charge is 0.326 e. The summed E-state index contributed by atoms with van der Waals surface area (Å²) in [5.74, 6) is 2.47. The van der Waals surface area contributed by atoms with Crippen molar-refractivity contribution in [2.24, 2.45) is 23.2 Å². The summed E-state index contributed by atoms with van der Waals surface area (Å²) in [6, 6.07) is 5.79. The first kappa shape index (κ1) is 16.6. The van der Waals surface area contributed by atoms with Gasteiger partial charge in [0.1, 0.15) is 0 Å². The Bertz CT molecular complexity index is 675. The third-order valence-corrected chi connectivity index (χ3v) is 6.61. The summed E-state index contributed by atoms with van der Waals surface area (Å²) >= 11 is 0. The maximum Gasteiger partial charge on any atom is 0.230 e. The van der Waals surface area contributed by atoms with Crippen molar-refractivity contribution in [1.82, 2.24) is 0 Å². The highest BCUT2D eigenvalue weighted by Crippen LogP contribution is 2.60. The Hall–Kier alpha value is -1.84. The Morgan fingerprint density at radius 3 is 2.20 bits per heavy atom. The number of carbonyl (C=O) groups is 2. The van der Waals surface area contributed by atoms with Gasteiger partial charge in [0.25, 0.3) is 0 Å². The van der Waals surface area contributed by atoms with Gasteiger partial charge in [-0.15, -0.1) is 0 Å². The van der Waals surface area contributed by atoms with Crippen LogP contribution in [0.3, 0.4) is 0 Å². The van der Waals surface area contributed by atoms with Crippen LogP contribution in [0.1, 0.15) is 57.4 Å². The van der Waals surface area contributed by atoms with Gasteiger partial charge in [0, 0.05) is 17.8 Å². The average Bonchev–Trinajstić information content (AvgIpc) is 2.56. The molecule has 4 heteroatoms. The van der Waals surface area contributed by atoms with Gasteiger partial charge in [-0.1, -0.05) is 13.0 Å². The first-order valence-electron chi connectivity index (χ1n) is 9.69. The van der Waals surface area contributed by atoms with Crippen LogP contribution in [0.2, 0.25) is 0 Å². The van der Waals surface area contributed by atoms with Gasteiger partial charge in [-0.05, 0) is 80.9 Å². The predicted octanol–water partition coefficient (Wildman–Crippen LogP) is 4.50. The van der Waals surface area contributed by atoms with Gasteiger partial charge in [0.2, 0.25) is 11.8 Å². The van der Waals surface area contributed by atoms with Crippen molar-refractivity contribution in [3.05, 3.63) is 23.8 Å². The van der Waals surface area contributed by atoms with E-state index in [1.165, 1.54) is 19.3 Å². The minimum Gasteiger partial charge on any atom is -0.326 e. The minimum absolute atomic E-state index is 0.00680. The third-order valence-electron chi connectivity index (χ3n) is 6.61. The van der Waals surface area contributed by atoms with Crippen molar-refractivity contribution in [2.75, 3.05) is 10.6 Å². The maximum atomic E-state index is 13.1. The molecular formula is C21H28N2O2. The summed E-state index contributed by atoms with van der Waals surface area (Å²) in [5.41, 5.74) is 2.44. The summed E-state index contributed by atoms with van der Waals surface area (Å²) < 4.78 is 0. The number of hydrogen-bond acceptors (Lipinski definition) is 2. The Labute approximate surface area is 149 Å². The monoisotopic (exact) mass is 340 g/mol. The number of amides is 2. The van der Waals surface area contributed by atoms with Crippen LogP contribution >= 0.6 is 0 Å².